The quantitative estimate of drug-likeness (QED) is 0.576. The Kier molecular flexibility index (Phi) is 5.31. The summed E-state index contributed by atoms with van der Waals surface area (Å²) >= 11 is 0. The maximum absolute atomic E-state index is 13.4. The monoisotopic (exact) mass is 422 g/mol. The maximum Gasteiger partial charge on any atom is 0.373 e. The minimum absolute atomic E-state index is 0.193. The van der Waals surface area contributed by atoms with Gasteiger partial charge < -0.3 is 15.0 Å². The lowest BCUT2D eigenvalue weighted by Crippen LogP contribution is -2.96. The first kappa shape index (κ1) is 21.1. The molecule has 2 aliphatic rings. The topological polar surface area (TPSA) is 83.5 Å². The molecule has 2 aliphatic heterocycles. The van der Waals surface area contributed by atoms with E-state index in [2.05, 4.69) is 0 Å². The second-order valence-corrected chi connectivity index (χ2v) is 8.37. The van der Waals surface area contributed by atoms with Gasteiger partial charge in [-0.25, -0.2) is 4.79 Å². The van der Waals surface area contributed by atoms with Gasteiger partial charge in [-0.2, -0.15) is 0 Å². The summed E-state index contributed by atoms with van der Waals surface area (Å²) in [6, 6.07) is 16.7. The summed E-state index contributed by atoms with van der Waals surface area (Å²) in [7, 11) is 5.42. The third kappa shape index (κ3) is 3.11. The smallest absolute Gasteiger partial charge is 0.373 e. The first-order chi connectivity index (χ1) is 14.8. The molecular formula is C24H28N3O4+. The number of carbonyl (C=O) groups excluding carboxylic acids is 3. The Balaban J connectivity index is 1.89. The van der Waals surface area contributed by atoms with Crippen molar-refractivity contribution in [2.45, 2.75) is 18.5 Å². The third-order valence-corrected chi connectivity index (χ3v) is 6.55. The number of ether oxygens (including phenoxy) is 1. The van der Waals surface area contributed by atoms with Crippen molar-refractivity contribution in [1.29, 1.82) is 0 Å². The van der Waals surface area contributed by atoms with E-state index >= 15 is 0 Å². The molecule has 2 N–H and O–H groups in total. The minimum Gasteiger partial charge on any atom is -0.461 e. The fraction of sp³-hybridized carbons (Fsp3) is 0.375. The van der Waals surface area contributed by atoms with Crippen LogP contribution in [-0.4, -0.2) is 50.4 Å². The van der Waals surface area contributed by atoms with Crippen LogP contribution in [0.5, 0.6) is 0 Å². The van der Waals surface area contributed by atoms with Gasteiger partial charge in [0.25, 0.3) is 0 Å². The highest BCUT2D eigenvalue weighted by molar-refractivity contribution is 6.08. The normalized spacial score (nSPS) is 27.4. The number of fused-ring (bicyclic) bond motifs is 1. The molecule has 0 radical (unpaired) electrons. The van der Waals surface area contributed by atoms with Crippen molar-refractivity contribution in [2.24, 2.45) is 11.8 Å². The van der Waals surface area contributed by atoms with Gasteiger partial charge in [-0.15, -0.1) is 0 Å². The fourth-order valence-electron chi connectivity index (χ4n) is 5.02. The number of benzene rings is 2. The standard InChI is InChI=1S/C24H27N3O4/c1-5-31-23(30)24(16-9-7-6-8-10-16)19-18(21(28)27(4)22(19)29)20(25-24)15-11-13-17(14-12-15)26(2)3/h6-14,18-20,25H,5H2,1-4H3/p+1/t18-,19+,20-,24-/m0/s1. The van der Waals surface area contributed by atoms with Crippen molar-refractivity contribution in [3.63, 3.8) is 0 Å². The second-order valence-electron chi connectivity index (χ2n) is 8.37. The molecule has 0 saturated carbocycles. The van der Waals surface area contributed by atoms with Gasteiger partial charge in [0.15, 0.2) is 0 Å². The molecule has 0 bridgehead atoms. The average Bonchev–Trinajstić information content (AvgIpc) is 3.25. The number of anilines is 1. The zero-order chi connectivity index (χ0) is 22.3. The molecule has 7 nitrogen and oxygen atoms in total. The van der Waals surface area contributed by atoms with Crippen molar-refractivity contribution in [2.75, 3.05) is 32.6 Å². The van der Waals surface area contributed by atoms with Crippen molar-refractivity contribution < 1.29 is 24.4 Å². The molecule has 2 saturated heterocycles. The molecule has 0 aromatic heterocycles. The van der Waals surface area contributed by atoms with Crippen LogP contribution < -0.4 is 10.2 Å². The van der Waals surface area contributed by atoms with Crippen LogP contribution in [0.1, 0.15) is 24.1 Å². The van der Waals surface area contributed by atoms with E-state index < -0.39 is 23.3 Å². The molecule has 162 valence electrons. The Morgan fingerprint density at radius 1 is 1.06 bits per heavy atom. The predicted molar refractivity (Wildman–Crippen MR) is 115 cm³/mol. The number of quaternary nitrogens is 1. The molecule has 4 atom stereocenters. The molecule has 0 spiro atoms. The van der Waals surface area contributed by atoms with Crippen LogP contribution in [0, 0.1) is 11.8 Å². The van der Waals surface area contributed by atoms with Crippen molar-refractivity contribution in [1.82, 2.24) is 4.90 Å². The number of hydrogen-bond donors (Lipinski definition) is 1. The van der Waals surface area contributed by atoms with Gasteiger partial charge in [-0.05, 0) is 19.1 Å². The lowest BCUT2D eigenvalue weighted by molar-refractivity contribution is -0.742. The Morgan fingerprint density at radius 2 is 1.71 bits per heavy atom. The van der Waals surface area contributed by atoms with Gasteiger partial charge in [0.2, 0.25) is 17.4 Å². The number of imide groups is 1. The summed E-state index contributed by atoms with van der Waals surface area (Å²) in [6.45, 7) is 1.94. The molecule has 0 unspecified atom stereocenters. The Bertz CT molecular complexity index is 1010. The first-order valence-corrected chi connectivity index (χ1v) is 10.5. The van der Waals surface area contributed by atoms with Gasteiger partial charge in [0.1, 0.15) is 17.9 Å². The maximum atomic E-state index is 13.4. The van der Waals surface area contributed by atoms with Gasteiger partial charge in [0, 0.05) is 38.0 Å². The first-order valence-electron chi connectivity index (χ1n) is 10.5. The van der Waals surface area contributed by atoms with Crippen LogP contribution in [0.2, 0.25) is 0 Å². The number of esters is 1. The number of amides is 2. The van der Waals surface area contributed by atoms with Crippen LogP contribution in [-0.2, 0) is 24.7 Å². The average molecular weight is 423 g/mol. The van der Waals surface area contributed by atoms with Gasteiger partial charge in [-0.3, -0.25) is 14.5 Å². The van der Waals surface area contributed by atoms with Crippen LogP contribution >= 0.6 is 0 Å². The zero-order valence-electron chi connectivity index (χ0n) is 18.2. The highest BCUT2D eigenvalue weighted by Crippen LogP contribution is 2.48. The second kappa shape index (κ2) is 7.81. The molecule has 31 heavy (non-hydrogen) atoms. The van der Waals surface area contributed by atoms with Gasteiger partial charge in [0.05, 0.1) is 6.61 Å². The number of nitrogens with two attached hydrogens (primary N) is 1. The highest BCUT2D eigenvalue weighted by atomic mass is 16.5. The zero-order valence-corrected chi connectivity index (χ0v) is 18.2. The molecule has 0 aliphatic carbocycles. The molecule has 2 heterocycles. The molecule has 7 heteroatoms. The van der Waals surface area contributed by atoms with E-state index in [1.807, 2.05) is 78.9 Å². The molecular weight excluding hydrogens is 394 g/mol. The van der Waals surface area contributed by atoms with Gasteiger partial charge >= 0.3 is 5.97 Å². The summed E-state index contributed by atoms with van der Waals surface area (Å²) in [6.07, 6.45) is 0. The Morgan fingerprint density at radius 3 is 2.29 bits per heavy atom. The van der Waals surface area contributed by atoms with E-state index in [9.17, 15) is 14.4 Å². The largest absolute Gasteiger partial charge is 0.461 e. The van der Waals surface area contributed by atoms with Crippen LogP contribution in [0.4, 0.5) is 5.69 Å². The molecule has 2 fully saturated rings. The van der Waals surface area contributed by atoms with Crippen LogP contribution in [0.25, 0.3) is 0 Å². The van der Waals surface area contributed by atoms with Crippen LogP contribution in [0.15, 0.2) is 54.6 Å². The van der Waals surface area contributed by atoms with Crippen molar-refractivity contribution >= 4 is 23.5 Å². The summed E-state index contributed by atoms with van der Waals surface area (Å²) < 4.78 is 5.49. The van der Waals surface area contributed by atoms with E-state index in [0.29, 0.717) is 5.56 Å². The highest BCUT2D eigenvalue weighted by Gasteiger charge is 2.72. The van der Waals surface area contributed by atoms with Gasteiger partial charge in [-0.1, -0.05) is 42.5 Å². The Labute approximate surface area is 182 Å². The predicted octanol–water partition coefficient (Wildman–Crippen LogP) is 1.06. The van der Waals surface area contributed by atoms with E-state index in [4.69, 9.17) is 4.74 Å². The summed E-state index contributed by atoms with van der Waals surface area (Å²) in [4.78, 5) is 43.1. The number of likely N-dealkylation sites (tertiary alicyclic amines) is 1. The molecule has 2 aromatic rings. The fourth-order valence-corrected chi connectivity index (χ4v) is 5.02. The number of nitrogens with zero attached hydrogens (tertiary/aromatic N) is 2. The summed E-state index contributed by atoms with van der Waals surface area (Å²) in [5.41, 5.74) is 1.29. The van der Waals surface area contributed by atoms with E-state index in [-0.39, 0.29) is 24.5 Å². The van der Waals surface area contributed by atoms with E-state index in [0.717, 1.165) is 11.3 Å². The number of rotatable bonds is 5. The van der Waals surface area contributed by atoms with Crippen molar-refractivity contribution in [3.8, 4) is 0 Å². The Hall–Kier alpha value is -3.19. The summed E-state index contributed by atoms with van der Waals surface area (Å²) in [5, 5.41) is 1.88. The third-order valence-electron chi connectivity index (χ3n) is 6.55. The molecule has 2 aromatic carbocycles. The molecule has 4 rings (SSSR count). The van der Waals surface area contributed by atoms with Crippen molar-refractivity contribution in [3.05, 3.63) is 65.7 Å². The lowest BCUT2D eigenvalue weighted by atomic mass is 9.75. The minimum atomic E-state index is -1.32. The SMILES string of the molecule is CCOC(=O)[C@@]1(c2ccccc2)[NH2+][C@@H](c2ccc(N(C)C)cc2)[C@H]2C(=O)N(C)C(=O)[C@@H]21. The summed E-state index contributed by atoms with van der Waals surface area (Å²) in [5.74, 6) is -2.55. The van der Waals surface area contributed by atoms with Crippen LogP contribution in [0.3, 0.4) is 0 Å². The lowest BCUT2D eigenvalue weighted by Gasteiger charge is -2.29. The van der Waals surface area contributed by atoms with E-state index in [1.54, 1.807) is 6.92 Å². The number of hydrogen-bond acceptors (Lipinski definition) is 5. The number of carbonyl (C=O) groups is 3. The molecule has 2 amide bonds. The van der Waals surface area contributed by atoms with E-state index in [1.165, 1.54) is 11.9 Å².